The average Bonchev–Trinajstić information content (AvgIpc) is 2.68. The summed E-state index contributed by atoms with van der Waals surface area (Å²) < 4.78 is 10.5. The van der Waals surface area contributed by atoms with E-state index in [2.05, 4.69) is 10.5 Å². The van der Waals surface area contributed by atoms with Gasteiger partial charge in [-0.1, -0.05) is 11.6 Å². The van der Waals surface area contributed by atoms with E-state index in [1.165, 1.54) is 26.4 Å². The first kappa shape index (κ1) is 18.8. The Kier molecular flexibility index (Phi) is 6.15. The number of halogens is 1. The smallest absolute Gasteiger partial charge is 0.237 e. The van der Waals surface area contributed by atoms with E-state index in [0.717, 1.165) is 0 Å². The van der Waals surface area contributed by atoms with Crippen molar-refractivity contribution in [1.29, 1.82) is 10.5 Å². The number of nitrogens with zero attached hydrogens (tertiary/aromatic N) is 3. The Labute approximate surface area is 155 Å². The SMILES string of the molecule is COc1cc(NN=C(C#N)C#N)c(C(=O)c2ccc(Cl)cc2)cc1OC. The van der Waals surface area contributed by atoms with Crippen molar-refractivity contribution in [3.05, 3.63) is 52.5 Å². The van der Waals surface area contributed by atoms with Crippen molar-refractivity contribution in [3.8, 4) is 23.6 Å². The molecule has 0 aromatic heterocycles. The molecule has 1 N–H and O–H groups in total. The fourth-order valence-corrected chi connectivity index (χ4v) is 2.23. The van der Waals surface area contributed by atoms with Crippen molar-refractivity contribution in [2.24, 2.45) is 5.10 Å². The van der Waals surface area contributed by atoms with Crippen molar-refractivity contribution in [3.63, 3.8) is 0 Å². The standard InChI is InChI=1S/C18H13ClN4O3/c1-25-16-7-14(18(24)11-3-5-12(19)6-4-11)15(8-17(16)26-2)23-22-13(9-20)10-21/h3-8,23H,1-2H3. The summed E-state index contributed by atoms with van der Waals surface area (Å²) in [4.78, 5) is 12.9. The lowest BCUT2D eigenvalue weighted by atomic mass is 10.0. The largest absolute Gasteiger partial charge is 0.493 e. The van der Waals surface area contributed by atoms with Crippen LogP contribution in [-0.4, -0.2) is 25.7 Å². The fraction of sp³-hybridized carbons (Fsp3) is 0.111. The molecular weight excluding hydrogens is 356 g/mol. The fourth-order valence-electron chi connectivity index (χ4n) is 2.11. The lowest BCUT2D eigenvalue weighted by Crippen LogP contribution is -2.08. The van der Waals surface area contributed by atoms with Crippen LogP contribution in [0.5, 0.6) is 11.5 Å². The van der Waals surface area contributed by atoms with Crippen molar-refractivity contribution in [1.82, 2.24) is 0 Å². The number of hydrogen-bond acceptors (Lipinski definition) is 7. The molecule has 0 aliphatic heterocycles. The van der Waals surface area contributed by atoms with Crippen molar-refractivity contribution in [2.45, 2.75) is 0 Å². The number of benzene rings is 2. The average molecular weight is 369 g/mol. The number of carbonyl (C=O) groups excluding carboxylic acids is 1. The van der Waals surface area contributed by atoms with Gasteiger partial charge in [0.2, 0.25) is 5.71 Å². The molecule has 0 aliphatic rings. The van der Waals surface area contributed by atoms with Gasteiger partial charge in [-0.25, -0.2) is 0 Å². The number of carbonyl (C=O) groups is 1. The third-order valence-electron chi connectivity index (χ3n) is 3.37. The number of nitriles is 2. The summed E-state index contributed by atoms with van der Waals surface area (Å²) >= 11 is 5.86. The van der Waals surface area contributed by atoms with Gasteiger partial charge in [-0.15, -0.1) is 0 Å². The highest BCUT2D eigenvalue weighted by Gasteiger charge is 2.18. The molecule has 2 rings (SSSR count). The van der Waals surface area contributed by atoms with Crippen LogP contribution in [0.4, 0.5) is 5.69 Å². The molecule has 2 aromatic rings. The molecule has 8 heteroatoms. The topological polar surface area (TPSA) is 107 Å². The summed E-state index contributed by atoms with van der Waals surface area (Å²) in [5.41, 5.74) is 3.06. The molecule has 26 heavy (non-hydrogen) atoms. The highest BCUT2D eigenvalue weighted by molar-refractivity contribution is 6.30. The predicted molar refractivity (Wildman–Crippen MR) is 96.7 cm³/mol. The monoisotopic (exact) mass is 368 g/mol. The molecule has 0 aliphatic carbocycles. The van der Waals surface area contributed by atoms with Gasteiger partial charge in [0.05, 0.1) is 25.5 Å². The second-order valence-electron chi connectivity index (χ2n) is 4.88. The van der Waals surface area contributed by atoms with Crippen LogP contribution in [-0.2, 0) is 0 Å². The highest BCUT2D eigenvalue weighted by atomic mass is 35.5. The predicted octanol–water partition coefficient (Wildman–Crippen LogP) is 3.40. The summed E-state index contributed by atoms with van der Waals surface area (Å²) in [5, 5.41) is 21.8. The Bertz CT molecular complexity index is 925. The zero-order valence-corrected chi connectivity index (χ0v) is 14.7. The maximum absolute atomic E-state index is 12.9. The summed E-state index contributed by atoms with van der Waals surface area (Å²) in [5.74, 6) is 0.379. The van der Waals surface area contributed by atoms with Crippen molar-refractivity contribution >= 4 is 28.8 Å². The van der Waals surface area contributed by atoms with Crippen LogP contribution < -0.4 is 14.9 Å². The van der Waals surface area contributed by atoms with E-state index in [0.29, 0.717) is 22.1 Å². The van der Waals surface area contributed by atoms with E-state index in [4.69, 9.17) is 31.6 Å². The molecule has 0 radical (unpaired) electrons. The van der Waals surface area contributed by atoms with Crippen LogP contribution in [0.1, 0.15) is 15.9 Å². The van der Waals surface area contributed by atoms with E-state index in [1.807, 2.05) is 0 Å². The van der Waals surface area contributed by atoms with E-state index in [1.54, 1.807) is 36.4 Å². The minimum atomic E-state index is -0.385. The van der Waals surface area contributed by atoms with Gasteiger partial charge in [0.25, 0.3) is 0 Å². The minimum Gasteiger partial charge on any atom is -0.493 e. The van der Waals surface area contributed by atoms with Gasteiger partial charge >= 0.3 is 0 Å². The summed E-state index contributed by atoms with van der Waals surface area (Å²) in [6, 6.07) is 12.6. The highest BCUT2D eigenvalue weighted by Crippen LogP contribution is 2.34. The van der Waals surface area contributed by atoms with Crippen LogP contribution in [0.3, 0.4) is 0 Å². The molecule has 0 bridgehead atoms. The molecule has 2 aromatic carbocycles. The van der Waals surface area contributed by atoms with Gasteiger partial charge in [-0.05, 0) is 30.3 Å². The molecular formula is C18H13ClN4O3. The molecule has 7 nitrogen and oxygen atoms in total. The van der Waals surface area contributed by atoms with Gasteiger partial charge in [0.1, 0.15) is 12.1 Å². The zero-order chi connectivity index (χ0) is 19.1. The van der Waals surface area contributed by atoms with E-state index < -0.39 is 0 Å². The molecule has 0 saturated carbocycles. The van der Waals surface area contributed by atoms with Gasteiger partial charge in [-0.2, -0.15) is 15.6 Å². The number of nitrogens with one attached hydrogen (secondary N) is 1. The first-order chi connectivity index (χ1) is 12.5. The third-order valence-corrected chi connectivity index (χ3v) is 3.63. The Morgan fingerprint density at radius 3 is 2.19 bits per heavy atom. The van der Waals surface area contributed by atoms with Crippen LogP contribution >= 0.6 is 11.6 Å². The van der Waals surface area contributed by atoms with E-state index >= 15 is 0 Å². The first-order valence-electron chi connectivity index (χ1n) is 7.24. The molecule has 130 valence electrons. The molecule has 0 saturated heterocycles. The second-order valence-corrected chi connectivity index (χ2v) is 5.32. The molecule has 0 spiro atoms. The van der Waals surface area contributed by atoms with Gasteiger partial charge in [-0.3, -0.25) is 10.2 Å². The van der Waals surface area contributed by atoms with Gasteiger partial charge < -0.3 is 9.47 Å². The third kappa shape index (κ3) is 4.10. The van der Waals surface area contributed by atoms with Crippen LogP contribution in [0.25, 0.3) is 0 Å². The minimum absolute atomic E-state index is 0.226. The van der Waals surface area contributed by atoms with Crippen LogP contribution in [0.2, 0.25) is 5.02 Å². The number of ether oxygens (including phenoxy) is 2. The normalized spacial score (nSPS) is 9.42. The van der Waals surface area contributed by atoms with E-state index in [9.17, 15) is 4.79 Å². The molecule has 0 unspecified atom stereocenters. The molecule has 0 heterocycles. The lowest BCUT2D eigenvalue weighted by molar-refractivity contribution is 0.103. The van der Waals surface area contributed by atoms with Crippen molar-refractivity contribution < 1.29 is 14.3 Å². The lowest BCUT2D eigenvalue weighted by Gasteiger charge is -2.14. The van der Waals surface area contributed by atoms with Gasteiger partial charge in [0, 0.05) is 16.7 Å². The Morgan fingerprint density at radius 2 is 1.65 bits per heavy atom. The first-order valence-corrected chi connectivity index (χ1v) is 7.62. The summed E-state index contributed by atoms with van der Waals surface area (Å²) in [6.07, 6.45) is 0. The molecule has 0 amide bonds. The molecule has 0 fully saturated rings. The number of anilines is 1. The number of hydrazone groups is 1. The van der Waals surface area contributed by atoms with Gasteiger partial charge in [0.15, 0.2) is 17.3 Å². The van der Waals surface area contributed by atoms with Crippen molar-refractivity contribution in [2.75, 3.05) is 19.6 Å². The van der Waals surface area contributed by atoms with E-state index in [-0.39, 0.29) is 22.7 Å². The molecule has 0 atom stereocenters. The number of hydrogen-bond donors (Lipinski definition) is 1. The number of ketones is 1. The maximum Gasteiger partial charge on any atom is 0.237 e. The van der Waals surface area contributed by atoms with Crippen LogP contribution in [0, 0.1) is 22.7 Å². The Balaban J connectivity index is 2.56. The second kappa shape index (κ2) is 8.52. The number of methoxy groups -OCH3 is 2. The quantitative estimate of drug-likeness (QED) is 0.475. The summed E-state index contributed by atoms with van der Waals surface area (Å²) in [7, 11) is 2.89. The Hall–Kier alpha value is -3.55. The summed E-state index contributed by atoms with van der Waals surface area (Å²) in [6.45, 7) is 0. The van der Waals surface area contributed by atoms with Crippen LogP contribution in [0.15, 0.2) is 41.5 Å². The number of rotatable bonds is 6. The zero-order valence-electron chi connectivity index (χ0n) is 13.9. The Morgan fingerprint density at radius 1 is 1.08 bits per heavy atom. The maximum atomic E-state index is 12.9.